The maximum atomic E-state index is 12.3. The minimum absolute atomic E-state index is 0.0195. The van der Waals surface area contributed by atoms with Crippen LogP contribution in [0.15, 0.2) is 17.3 Å². The molecule has 7 nitrogen and oxygen atoms in total. The van der Waals surface area contributed by atoms with Gasteiger partial charge in [-0.25, -0.2) is 9.59 Å². The number of fused-ring (bicyclic) bond motifs is 5. The Bertz CT molecular complexity index is 883. The maximum Gasteiger partial charge on any atom is 0.331 e. The summed E-state index contributed by atoms with van der Waals surface area (Å²) >= 11 is 0. The molecule has 4 rings (SSSR count). The molecule has 4 saturated carbocycles. The number of oxime groups is 1. The topological polar surface area (TPSA) is 111 Å². The van der Waals surface area contributed by atoms with E-state index in [1.807, 2.05) is 0 Å². The first-order chi connectivity index (χ1) is 16.5. The van der Waals surface area contributed by atoms with Crippen LogP contribution >= 0.6 is 0 Å². The summed E-state index contributed by atoms with van der Waals surface area (Å²) in [5, 5.41) is 13.4. The highest BCUT2D eigenvalue weighted by Crippen LogP contribution is 2.68. The van der Waals surface area contributed by atoms with E-state index in [4.69, 9.17) is 20.4 Å². The third-order valence-electron chi connectivity index (χ3n) is 10.5. The van der Waals surface area contributed by atoms with Gasteiger partial charge in [0.15, 0.2) is 0 Å². The monoisotopic (exact) mass is 488 g/mol. The Morgan fingerprint density at radius 1 is 1.03 bits per heavy atom. The molecule has 0 saturated heterocycles. The zero-order chi connectivity index (χ0) is 25.4. The predicted octanol–water partition coefficient (Wildman–Crippen LogP) is 4.94. The van der Waals surface area contributed by atoms with Crippen LogP contribution in [0.3, 0.4) is 0 Å². The molecule has 4 aliphatic rings. The maximum absolute atomic E-state index is 12.3. The van der Waals surface area contributed by atoms with Crippen molar-refractivity contribution in [2.24, 2.45) is 50.8 Å². The van der Waals surface area contributed by atoms with Gasteiger partial charge in [0.25, 0.3) is 0 Å². The fourth-order valence-electron chi connectivity index (χ4n) is 8.81. The SMILES string of the molecule is CC1(C)/C(=N/OCCCN)CC[C@@]2(C)C1CC[C@H]1[C@@H]3CC[C@H](OC(=O)/C=C/C(=O)O)[C@@]3(C)CC[C@@H]12. The molecule has 0 bridgehead atoms. The van der Waals surface area contributed by atoms with Gasteiger partial charge < -0.3 is 20.4 Å². The number of esters is 1. The number of carbonyl (C=O) groups is 2. The Morgan fingerprint density at radius 2 is 1.77 bits per heavy atom. The second-order valence-corrected chi connectivity index (χ2v) is 12.5. The second-order valence-electron chi connectivity index (χ2n) is 12.5. The highest BCUT2D eigenvalue weighted by molar-refractivity contribution is 5.91. The summed E-state index contributed by atoms with van der Waals surface area (Å²) in [4.78, 5) is 28.7. The van der Waals surface area contributed by atoms with Crippen molar-refractivity contribution < 1.29 is 24.3 Å². The predicted molar refractivity (Wildman–Crippen MR) is 135 cm³/mol. The molecule has 0 heterocycles. The average molecular weight is 489 g/mol. The molecular weight excluding hydrogens is 444 g/mol. The van der Waals surface area contributed by atoms with Crippen molar-refractivity contribution in [1.82, 2.24) is 0 Å². The molecule has 4 fully saturated rings. The Labute approximate surface area is 209 Å². The van der Waals surface area contributed by atoms with Gasteiger partial charge in [0.1, 0.15) is 12.7 Å². The quantitative estimate of drug-likeness (QED) is 0.227. The first kappa shape index (κ1) is 26.2. The van der Waals surface area contributed by atoms with Crippen LogP contribution < -0.4 is 5.73 Å². The number of hydrogen-bond donors (Lipinski definition) is 2. The van der Waals surface area contributed by atoms with E-state index in [1.54, 1.807) is 0 Å². The van der Waals surface area contributed by atoms with E-state index in [0.29, 0.717) is 36.8 Å². The van der Waals surface area contributed by atoms with Crippen LogP contribution in [-0.2, 0) is 19.2 Å². The molecule has 7 heteroatoms. The van der Waals surface area contributed by atoms with Gasteiger partial charge in [-0.1, -0.05) is 32.9 Å². The number of carboxylic acids is 1. The van der Waals surface area contributed by atoms with Crippen molar-refractivity contribution in [3.8, 4) is 0 Å². The number of carboxylic acid groups (broad SMARTS) is 1. The van der Waals surface area contributed by atoms with Gasteiger partial charge >= 0.3 is 11.9 Å². The minimum Gasteiger partial charge on any atom is -0.478 e. The smallest absolute Gasteiger partial charge is 0.331 e. The van der Waals surface area contributed by atoms with Crippen molar-refractivity contribution in [2.75, 3.05) is 13.2 Å². The molecule has 0 aromatic carbocycles. The van der Waals surface area contributed by atoms with E-state index >= 15 is 0 Å². The van der Waals surface area contributed by atoms with Gasteiger partial charge in [0.2, 0.25) is 0 Å². The molecule has 1 unspecified atom stereocenters. The van der Waals surface area contributed by atoms with Crippen molar-refractivity contribution in [1.29, 1.82) is 0 Å². The molecule has 4 aliphatic carbocycles. The number of rotatable bonds is 7. The summed E-state index contributed by atoms with van der Waals surface area (Å²) in [6.45, 7) is 10.8. The van der Waals surface area contributed by atoms with Crippen LogP contribution in [0.5, 0.6) is 0 Å². The van der Waals surface area contributed by atoms with E-state index in [1.165, 1.54) is 25.0 Å². The molecule has 35 heavy (non-hydrogen) atoms. The standard InChI is InChI=1S/C28H44N2O5/c1-26(2)21-8-6-18-19-7-9-23(35-25(33)11-10-24(31)32)28(19,4)14-12-20(18)27(21,3)15-13-22(26)30-34-17-5-16-29/h10-11,18-21,23H,5-9,12-17,29H2,1-4H3,(H,31,32)/b11-10+,30-22+/t18-,19-,20-,21?,23-,27+,28-/m0/s1. The number of nitrogens with two attached hydrogens (primary N) is 1. The van der Waals surface area contributed by atoms with Gasteiger partial charge in [-0.05, 0) is 93.4 Å². The van der Waals surface area contributed by atoms with Gasteiger partial charge in [0, 0.05) is 23.0 Å². The molecule has 0 spiro atoms. The molecule has 7 atom stereocenters. The lowest BCUT2D eigenvalue weighted by molar-refractivity contribution is -0.160. The number of hydrogen-bond acceptors (Lipinski definition) is 6. The lowest BCUT2D eigenvalue weighted by Crippen LogP contribution is -2.58. The normalized spacial score (nSPS) is 41.2. The van der Waals surface area contributed by atoms with E-state index in [-0.39, 0.29) is 22.3 Å². The van der Waals surface area contributed by atoms with Gasteiger partial charge in [0.05, 0.1) is 5.71 Å². The molecule has 196 valence electrons. The van der Waals surface area contributed by atoms with E-state index in [9.17, 15) is 9.59 Å². The summed E-state index contributed by atoms with van der Waals surface area (Å²) in [5.74, 6) is 0.809. The molecule has 0 amide bonds. The van der Waals surface area contributed by atoms with Crippen LogP contribution in [0.25, 0.3) is 0 Å². The van der Waals surface area contributed by atoms with Gasteiger partial charge in [-0.2, -0.15) is 0 Å². The molecule has 0 aromatic heterocycles. The van der Waals surface area contributed by atoms with E-state index in [2.05, 4.69) is 32.9 Å². The number of aliphatic carboxylic acids is 1. The summed E-state index contributed by atoms with van der Waals surface area (Å²) in [6.07, 6.45) is 11.4. The first-order valence-corrected chi connectivity index (χ1v) is 13.5. The fourth-order valence-corrected chi connectivity index (χ4v) is 8.81. The first-order valence-electron chi connectivity index (χ1n) is 13.5. The van der Waals surface area contributed by atoms with E-state index in [0.717, 1.165) is 50.7 Å². The molecule has 0 radical (unpaired) electrons. The van der Waals surface area contributed by atoms with Crippen molar-refractivity contribution >= 4 is 17.7 Å². The average Bonchev–Trinajstić information content (AvgIpc) is 3.12. The molecule has 0 aromatic rings. The Kier molecular flexibility index (Phi) is 7.38. The van der Waals surface area contributed by atoms with Crippen molar-refractivity contribution in [3.63, 3.8) is 0 Å². The number of ether oxygens (including phenoxy) is 1. The van der Waals surface area contributed by atoms with Crippen LogP contribution in [0.2, 0.25) is 0 Å². The van der Waals surface area contributed by atoms with Gasteiger partial charge in [-0.3, -0.25) is 0 Å². The zero-order valence-corrected chi connectivity index (χ0v) is 21.9. The molecule has 0 aliphatic heterocycles. The van der Waals surface area contributed by atoms with Crippen LogP contribution in [0.1, 0.15) is 85.5 Å². The molecule has 3 N–H and O–H groups in total. The summed E-state index contributed by atoms with van der Waals surface area (Å²) in [5.41, 5.74) is 7.08. The third-order valence-corrected chi connectivity index (χ3v) is 10.5. The number of carbonyl (C=O) groups excluding carboxylic acids is 1. The largest absolute Gasteiger partial charge is 0.478 e. The van der Waals surface area contributed by atoms with Crippen molar-refractivity contribution in [3.05, 3.63) is 12.2 Å². The Morgan fingerprint density at radius 3 is 2.49 bits per heavy atom. The van der Waals surface area contributed by atoms with Crippen LogP contribution in [-0.4, -0.2) is 42.0 Å². The highest BCUT2D eigenvalue weighted by Gasteiger charge is 2.63. The van der Waals surface area contributed by atoms with Crippen LogP contribution in [0, 0.1) is 39.9 Å². The van der Waals surface area contributed by atoms with Crippen LogP contribution in [0.4, 0.5) is 0 Å². The molecular formula is C28H44N2O5. The summed E-state index contributed by atoms with van der Waals surface area (Å²) in [6, 6.07) is 0. The summed E-state index contributed by atoms with van der Waals surface area (Å²) in [7, 11) is 0. The number of nitrogens with zero attached hydrogens (tertiary/aromatic N) is 1. The Hall–Kier alpha value is -1.89. The highest BCUT2D eigenvalue weighted by atomic mass is 16.6. The van der Waals surface area contributed by atoms with Gasteiger partial charge in [-0.15, -0.1) is 0 Å². The lowest BCUT2D eigenvalue weighted by atomic mass is 9.41. The van der Waals surface area contributed by atoms with Crippen molar-refractivity contribution in [2.45, 2.75) is 91.6 Å². The van der Waals surface area contributed by atoms with E-state index < -0.39 is 11.9 Å². The second kappa shape index (κ2) is 9.87. The Balaban J connectivity index is 1.48. The third kappa shape index (κ3) is 4.65. The summed E-state index contributed by atoms with van der Waals surface area (Å²) < 4.78 is 5.82. The lowest BCUT2D eigenvalue weighted by Gasteiger charge is -2.63. The minimum atomic E-state index is -1.13. The zero-order valence-electron chi connectivity index (χ0n) is 21.9. The fraction of sp³-hybridized carbons (Fsp3) is 0.821.